The van der Waals surface area contributed by atoms with Crippen molar-refractivity contribution in [3.8, 4) is 0 Å². The van der Waals surface area contributed by atoms with E-state index in [0.717, 1.165) is 30.6 Å². The lowest BCUT2D eigenvalue weighted by atomic mass is 9.95. The summed E-state index contributed by atoms with van der Waals surface area (Å²) in [4.78, 5) is 12.4. The molecule has 0 unspecified atom stereocenters. The van der Waals surface area contributed by atoms with E-state index in [1.54, 1.807) is 0 Å². The van der Waals surface area contributed by atoms with Crippen LogP contribution in [0.4, 0.5) is 0 Å². The molecular weight excluding hydrogens is 284 g/mol. The Morgan fingerprint density at radius 3 is 2.95 bits per heavy atom. The van der Waals surface area contributed by atoms with Crippen LogP contribution in [-0.4, -0.2) is 12.5 Å². The number of nitrogens with one attached hydrogen (secondary N) is 2. The van der Waals surface area contributed by atoms with Gasteiger partial charge in [0.25, 0.3) is 5.91 Å². The molecule has 1 aliphatic rings. The maximum Gasteiger partial charge on any atom is 0.251 e. The van der Waals surface area contributed by atoms with E-state index < -0.39 is 0 Å². The molecule has 2 aromatic rings. The molecule has 0 fully saturated rings. The summed E-state index contributed by atoms with van der Waals surface area (Å²) < 4.78 is 0. The zero-order chi connectivity index (χ0) is 14.7. The molecule has 0 spiro atoms. The summed E-state index contributed by atoms with van der Waals surface area (Å²) in [6, 6.07) is 13.5. The van der Waals surface area contributed by atoms with Crippen molar-refractivity contribution in [3.63, 3.8) is 0 Å². The Hall–Kier alpha value is -1.84. The summed E-state index contributed by atoms with van der Waals surface area (Å²) in [5, 5.41) is 6.98. The molecule has 0 aliphatic carbocycles. The van der Waals surface area contributed by atoms with E-state index in [-0.39, 0.29) is 5.91 Å². The molecule has 108 valence electrons. The number of benzene rings is 2. The third-order valence-electron chi connectivity index (χ3n) is 3.73. The molecule has 4 heteroatoms. The largest absolute Gasteiger partial charge is 0.348 e. The monoisotopic (exact) mass is 300 g/mol. The van der Waals surface area contributed by atoms with Crippen LogP contribution >= 0.6 is 11.6 Å². The second-order valence-electron chi connectivity index (χ2n) is 5.18. The fraction of sp³-hybridized carbons (Fsp3) is 0.235. The van der Waals surface area contributed by atoms with Crippen LogP contribution in [0.5, 0.6) is 0 Å². The highest BCUT2D eigenvalue weighted by Gasteiger charge is 2.16. The van der Waals surface area contributed by atoms with Gasteiger partial charge in [0.2, 0.25) is 0 Å². The van der Waals surface area contributed by atoms with Gasteiger partial charge < -0.3 is 10.6 Å². The van der Waals surface area contributed by atoms with E-state index in [2.05, 4.69) is 16.7 Å². The minimum atomic E-state index is -0.0197. The fourth-order valence-corrected chi connectivity index (χ4v) is 2.88. The van der Waals surface area contributed by atoms with E-state index in [1.807, 2.05) is 36.4 Å². The Morgan fingerprint density at radius 2 is 2.10 bits per heavy atom. The lowest BCUT2D eigenvalue weighted by molar-refractivity contribution is 0.0949. The number of amides is 1. The SMILES string of the molecule is O=C(NCc1cccc(Cl)c1)c1cccc2c1CCNC2. The normalized spacial score (nSPS) is 13.6. The molecule has 21 heavy (non-hydrogen) atoms. The molecule has 0 bridgehead atoms. The van der Waals surface area contributed by atoms with Gasteiger partial charge in [0.05, 0.1) is 0 Å². The lowest BCUT2D eigenvalue weighted by Gasteiger charge is -2.20. The summed E-state index contributed by atoms with van der Waals surface area (Å²) in [7, 11) is 0. The van der Waals surface area contributed by atoms with Gasteiger partial charge in [-0.05, 0) is 47.9 Å². The Labute approximate surface area is 129 Å². The first-order valence-corrected chi connectivity index (χ1v) is 7.46. The Balaban J connectivity index is 1.74. The summed E-state index contributed by atoms with van der Waals surface area (Å²) in [6.07, 6.45) is 0.899. The fourth-order valence-electron chi connectivity index (χ4n) is 2.67. The third kappa shape index (κ3) is 3.26. The first-order chi connectivity index (χ1) is 10.2. The van der Waals surface area contributed by atoms with Gasteiger partial charge in [-0.15, -0.1) is 0 Å². The van der Waals surface area contributed by atoms with E-state index in [4.69, 9.17) is 11.6 Å². The molecule has 0 saturated carbocycles. The molecule has 3 rings (SSSR count). The van der Waals surface area contributed by atoms with Gasteiger partial charge in [-0.1, -0.05) is 35.9 Å². The molecule has 0 aromatic heterocycles. The highest BCUT2D eigenvalue weighted by molar-refractivity contribution is 6.30. The van der Waals surface area contributed by atoms with Crippen LogP contribution in [0.15, 0.2) is 42.5 Å². The first kappa shape index (κ1) is 14.1. The standard InChI is InChI=1S/C17H17ClN2O/c18-14-5-1-3-12(9-14)10-20-17(21)16-6-2-4-13-11-19-8-7-15(13)16/h1-6,9,19H,7-8,10-11H2,(H,20,21). The summed E-state index contributed by atoms with van der Waals surface area (Å²) in [5.41, 5.74) is 4.18. The van der Waals surface area contributed by atoms with Crippen LogP contribution in [-0.2, 0) is 19.5 Å². The summed E-state index contributed by atoms with van der Waals surface area (Å²) in [5.74, 6) is -0.0197. The number of carbonyl (C=O) groups is 1. The van der Waals surface area contributed by atoms with Crippen molar-refractivity contribution >= 4 is 17.5 Å². The minimum absolute atomic E-state index is 0.0197. The lowest BCUT2D eigenvalue weighted by Crippen LogP contribution is -2.29. The number of fused-ring (bicyclic) bond motifs is 1. The van der Waals surface area contributed by atoms with Crippen LogP contribution < -0.4 is 10.6 Å². The van der Waals surface area contributed by atoms with Crippen molar-refractivity contribution in [2.24, 2.45) is 0 Å². The number of rotatable bonds is 3. The van der Waals surface area contributed by atoms with Crippen molar-refractivity contribution < 1.29 is 4.79 Å². The van der Waals surface area contributed by atoms with Gasteiger partial charge in [0.1, 0.15) is 0 Å². The molecule has 0 radical (unpaired) electrons. The average molecular weight is 301 g/mol. The first-order valence-electron chi connectivity index (χ1n) is 7.08. The molecule has 2 N–H and O–H groups in total. The van der Waals surface area contributed by atoms with Crippen molar-refractivity contribution in [1.82, 2.24) is 10.6 Å². The van der Waals surface area contributed by atoms with Crippen molar-refractivity contribution in [2.75, 3.05) is 6.54 Å². The van der Waals surface area contributed by atoms with Gasteiger partial charge in [-0.2, -0.15) is 0 Å². The molecular formula is C17H17ClN2O. The number of carbonyl (C=O) groups excluding carboxylic acids is 1. The van der Waals surface area contributed by atoms with Crippen LogP contribution in [0.1, 0.15) is 27.0 Å². The van der Waals surface area contributed by atoms with Gasteiger partial charge in [-0.3, -0.25) is 4.79 Å². The minimum Gasteiger partial charge on any atom is -0.348 e. The molecule has 3 nitrogen and oxygen atoms in total. The van der Waals surface area contributed by atoms with Crippen LogP contribution in [0.25, 0.3) is 0 Å². The van der Waals surface area contributed by atoms with Crippen LogP contribution in [0.2, 0.25) is 5.02 Å². The zero-order valence-corrected chi connectivity index (χ0v) is 12.4. The average Bonchev–Trinajstić information content (AvgIpc) is 2.52. The van der Waals surface area contributed by atoms with Gasteiger partial charge in [0.15, 0.2) is 0 Å². The van der Waals surface area contributed by atoms with Gasteiger partial charge in [-0.25, -0.2) is 0 Å². The second kappa shape index (κ2) is 6.29. The molecule has 1 heterocycles. The Morgan fingerprint density at radius 1 is 1.24 bits per heavy atom. The van der Waals surface area contributed by atoms with Crippen LogP contribution in [0, 0.1) is 0 Å². The Kier molecular flexibility index (Phi) is 4.23. The number of hydrogen-bond donors (Lipinski definition) is 2. The molecule has 2 aromatic carbocycles. The summed E-state index contributed by atoms with van der Waals surface area (Å²) in [6.45, 7) is 2.25. The highest BCUT2D eigenvalue weighted by Crippen LogP contribution is 2.19. The van der Waals surface area contributed by atoms with Gasteiger partial charge in [0, 0.05) is 23.7 Å². The summed E-state index contributed by atoms with van der Waals surface area (Å²) >= 11 is 5.95. The Bertz CT molecular complexity index is 670. The quantitative estimate of drug-likeness (QED) is 0.915. The zero-order valence-electron chi connectivity index (χ0n) is 11.7. The smallest absolute Gasteiger partial charge is 0.251 e. The van der Waals surface area contributed by atoms with Gasteiger partial charge >= 0.3 is 0 Å². The van der Waals surface area contributed by atoms with Crippen molar-refractivity contribution in [1.29, 1.82) is 0 Å². The molecule has 1 amide bonds. The maximum atomic E-state index is 12.4. The van der Waals surface area contributed by atoms with E-state index in [0.29, 0.717) is 11.6 Å². The van der Waals surface area contributed by atoms with Crippen LogP contribution in [0.3, 0.4) is 0 Å². The predicted molar refractivity (Wildman–Crippen MR) is 84.5 cm³/mol. The molecule has 0 atom stereocenters. The van der Waals surface area contributed by atoms with Crippen molar-refractivity contribution in [2.45, 2.75) is 19.5 Å². The number of hydrogen-bond acceptors (Lipinski definition) is 2. The highest BCUT2D eigenvalue weighted by atomic mass is 35.5. The molecule has 1 aliphatic heterocycles. The van der Waals surface area contributed by atoms with E-state index in [1.165, 1.54) is 11.1 Å². The number of halogens is 1. The molecule has 0 saturated heterocycles. The second-order valence-corrected chi connectivity index (χ2v) is 5.62. The maximum absolute atomic E-state index is 12.4. The topological polar surface area (TPSA) is 41.1 Å². The predicted octanol–water partition coefficient (Wildman–Crippen LogP) is 2.92. The van der Waals surface area contributed by atoms with E-state index in [9.17, 15) is 4.79 Å². The van der Waals surface area contributed by atoms with Crippen molar-refractivity contribution in [3.05, 3.63) is 69.7 Å². The van der Waals surface area contributed by atoms with E-state index >= 15 is 0 Å². The third-order valence-corrected chi connectivity index (χ3v) is 3.96.